The number of aromatic nitrogens is 2. The minimum absolute atomic E-state index is 0.200. The molecule has 1 N–H and O–H groups in total. The van der Waals surface area contributed by atoms with Gasteiger partial charge in [-0.1, -0.05) is 24.3 Å². The van der Waals surface area contributed by atoms with Gasteiger partial charge in [0.15, 0.2) is 0 Å². The lowest BCUT2D eigenvalue weighted by Gasteiger charge is -2.10. The van der Waals surface area contributed by atoms with Gasteiger partial charge in [-0.25, -0.2) is 0 Å². The maximum atomic E-state index is 12.1. The van der Waals surface area contributed by atoms with Crippen LogP contribution in [0.2, 0.25) is 0 Å². The number of thioether (sulfide) groups is 1. The van der Waals surface area contributed by atoms with Crippen LogP contribution in [0, 0.1) is 5.92 Å². The fourth-order valence-corrected chi connectivity index (χ4v) is 2.71. The van der Waals surface area contributed by atoms with Crippen LogP contribution in [0.4, 0.5) is 5.13 Å². The number of benzene rings is 1. The Kier molecular flexibility index (Phi) is 5.91. The van der Waals surface area contributed by atoms with Crippen molar-refractivity contribution in [3.8, 4) is 5.75 Å². The number of anilines is 1. The van der Waals surface area contributed by atoms with E-state index in [1.54, 1.807) is 30.0 Å². The zero-order valence-corrected chi connectivity index (χ0v) is 13.7. The van der Waals surface area contributed by atoms with Crippen molar-refractivity contribution in [3.63, 3.8) is 0 Å². The molecule has 1 amide bonds. The third-order valence-electron chi connectivity index (χ3n) is 2.71. The molecule has 0 aliphatic heterocycles. The molecule has 0 radical (unpaired) electrons. The third-order valence-corrected chi connectivity index (χ3v) is 4.15. The van der Waals surface area contributed by atoms with Crippen LogP contribution in [0.15, 0.2) is 29.8 Å². The quantitative estimate of drug-likeness (QED) is 0.645. The van der Waals surface area contributed by atoms with Gasteiger partial charge >= 0.3 is 5.97 Å². The Morgan fingerprint density at radius 2 is 2.27 bits per heavy atom. The summed E-state index contributed by atoms with van der Waals surface area (Å²) in [6.45, 7) is 1.81. The smallest absolute Gasteiger partial charge is 0.314 e. The second kappa shape index (κ2) is 7.90. The molecule has 22 heavy (non-hydrogen) atoms. The number of hydrogen-bond donors (Lipinski definition) is 1. The van der Waals surface area contributed by atoms with E-state index < -0.39 is 0 Å². The fraction of sp³-hybridized carbons (Fsp3) is 0.286. The number of rotatable bonds is 6. The molecule has 116 valence electrons. The maximum absolute atomic E-state index is 12.1. The molecule has 1 aromatic heterocycles. The molecule has 8 heteroatoms. The lowest BCUT2D eigenvalue weighted by Crippen LogP contribution is -2.20. The van der Waals surface area contributed by atoms with Gasteiger partial charge in [-0.2, -0.15) is 11.8 Å². The molecule has 1 aromatic carbocycles. The summed E-state index contributed by atoms with van der Waals surface area (Å²) in [7, 11) is 0. The summed E-state index contributed by atoms with van der Waals surface area (Å²) in [5, 5.41) is 10.4. The van der Waals surface area contributed by atoms with Crippen LogP contribution < -0.4 is 10.1 Å². The van der Waals surface area contributed by atoms with E-state index in [-0.39, 0.29) is 17.8 Å². The minimum atomic E-state index is -0.327. The number of carbonyl (C=O) groups excluding carboxylic acids is 2. The van der Waals surface area contributed by atoms with Crippen LogP contribution in [-0.4, -0.2) is 34.1 Å². The molecule has 6 nitrogen and oxygen atoms in total. The van der Waals surface area contributed by atoms with Crippen LogP contribution in [0.3, 0.4) is 0 Å². The van der Waals surface area contributed by atoms with Gasteiger partial charge in [0.05, 0.1) is 5.92 Å². The highest BCUT2D eigenvalue weighted by Crippen LogP contribution is 2.18. The summed E-state index contributed by atoms with van der Waals surface area (Å²) >= 11 is 2.81. The topological polar surface area (TPSA) is 81.2 Å². The number of ether oxygens (including phenoxy) is 1. The zero-order valence-electron chi connectivity index (χ0n) is 12.1. The number of amides is 1. The average Bonchev–Trinajstić information content (AvgIpc) is 3.00. The Labute approximate surface area is 136 Å². The highest BCUT2D eigenvalue weighted by molar-refractivity contribution is 7.98. The Morgan fingerprint density at radius 1 is 1.45 bits per heavy atom. The molecular formula is C14H15N3O3S2. The lowest BCUT2D eigenvalue weighted by molar-refractivity contribution is -0.137. The Bertz CT molecular complexity index is 647. The second-order valence-electron chi connectivity index (χ2n) is 4.50. The summed E-state index contributed by atoms with van der Waals surface area (Å²) in [4.78, 5) is 24.0. The Morgan fingerprint density at radius 3 is 2.95 bits per heavy atom. The molecule has 0 bridgehead atoms. The molecule has 0 fully saturated rings. The van der Waals surface area contributed by atoms with Gasteiger partial charge < -0.3 is 4.74 Å². The first-order valence-electron chi connectivity index (χ1n) is 6.48. The predicted octanol–water partition coefficient (Wildman–Crippen LogP) is 2.69. The van der Waals surface area contributed by atoms with Crippen molar-refractivity contribution in [1.29, 1.82) is 0 Å². The average molecular weight is 337 g/mol. The number of esters is 1. The van der Waals surface area contributed by atoms with Crippen LogP contribution in [0.5, 0.6) is 5.75 Å². The molecule has 0 spiro atoms. The van der Waals surface area contributed by atoms with Gasteiger partial charge in [0.25, 0.3) is 5.91 Å². The zero-order chi connectivity index (χ0) is 15.9. The lowest BCUT2D eigenvalue weighted by atomic mass is 10.2. The van der Waals surface area contributed by atoms with Crippen LogP contribution in [-0.2, 0) is 4.79 Å². The summed E-state index contributed by atoms with van der Waals surface area (Å²) < 4.78 is 5.30. The maximum Gasteiger partial charge on any atom is 0.314 e. The Hall–Kier alpha value is -1.93. The molecule has 0 saturated heterocycles. The summed E-state index contributed by atoms with van der Waals surface area (Å²) in [5.74, 6) is 0.204. The van der Waals surface area contributed by atoms with Crippen molar-refractivity contribution in [2.75, 3.05) is 17.3 Å². The summed E-state index contributed by atoms with van der Waals surface area (Å²) in [5.41, 5.74) is 1.92. The number of carbonyl (C=O) groups is 2. The van der Waals surface area contributed by atoms with Crippen LogP contribution in [0.1, 0.15) is 17.3 Å². The van der Waals surface area contributed by atoms with E-state index in [1.807, 2.05) is 13.2 Å². The molecule has 0 saturated carbocycles. The van der Waals surface area contributed by atoms with Crippen molar-refractivity contribution >= 4 is 40.1 Å². The van der Waals surface area contributed by atoms with Crippen LogP contribution >= 0.6 is 23.1 Å². The monoisotopic (exact) mass is 337 g/mol. The van der Waals surface area contributed by atoms with Crippen molar-refractivity contribution < 1.29 is 14.3 Å². The fourth-order valence-electron chi connectivity index (χ4n) is 1.63. The molecular weight excluding hydrogens is 322 g/mol. The van der Waals surface area contributed by atoms with Crippen molar-refractivity contribution in [2.24, 2.45) is 5.92 Å². The minimum Gasteiger partial charge on any atom is -0.426 e. The van der Waals surface area contributed by atoms with E-state index >= 15 is 0 Å². The third kappa shape index (κ3) is 4.54. The van der Waals surface area contributed by atoms with Crippen molar-refractivity contribution in [3.05, 3.63) is 35.3 Å². The molecule has 1 heterocycles. The normalized spacial score (nSPS) is 11.7. The van der Waals surface area contributed by atoms with E-state index in [0.29, 0.717) is 22.2 Å². The Balaban J connectivity index is 2.03. The van der Waals surface area contributed by atoms with E-state index in [1.165, 1.54) is 22.9 Å². The van der Waals surface area contributed by atoms with Gasteiger partial charge in [-0.05, 0) is 24.5 Å². The van der Waals surface area contributed by atoms with Gasteiger partial charge in [0.1, 0.15) is 11.3 Å². The second-order valence-corrected chi connectivity index (χ2v) is 6.25. The SMILES string of the molecule is CSC[C@@H](C)C(=O)Oc1cccc(C(=O)Nc2nncs2)c1. The highest BCUT2D eigenvalue weighted by atomic mass is 32.2. The van der Waals surface area contributed by atoms with Gasteiger partial charge in [-0.15, -0.1) is 10.2 Å². The van der Waals surface area contributed by atoms with Crippen LogP contribution in [0.25, 0.3) is 0 Å². The van der Waals surface area contributed by atoms with E-state index in [2.05, 4.69) is 15.5 Å². The first-order valence-corrected chi connectivity index (χ1v) is 8.75. The van der Waals surface area contributed by atoms with Crippen molar-refractivity contribution in [1.82, 2.24) is 10.2 Å². The summed E-state index contributed by atoms with van der Waals surface area (Å²) in [6, 6.07) is 6.47. The van der Waals surface area contributed by atoms with Gasteiger partial charge in [0.2, 0.25) is 5.13 Å². The highest BCUT2D eigenvalue weighted by Gasteiger charge is 2.16. The van der Waals surface area contributed by atoms with E-state index in [4.69, 9.17) is 4.74 Å². The van der Waals surface area contributed by atoms with Gasteiger partial charge in [0, 0.05) is 11.3 Å². The van der Waals surface area contributed by atoms with Gasteiger partial charge in [-0.3, -0.25) is 14.9 Å². The summed E-state index contributed by atoms with van der Waals surface area (Å²) in [6.07, 6.45) is 1.93. The predicted molar refractivity (Wildman–Crippen MR) is 87.5 cm³/mol. The van der Waals surface area contributed by atoms with Crippen molar-refractivity contribution in [2.45, 2.75) is 6.92 Å². The molecule has 0 aliphatic rings. The molecule has 0 aliphatic carbocycles. The van der Waals surface area contributed by atoms with E-state index in [9.17, 15) is 9.59 Å². The number of hydrogen-bond acceptors (Lipinski definition) is 7. The first-order chi connectivity index (χ1) is 10.6. The molecule has 1 atom stereocenters. The molecule has 0 unspecified atom stereocenters. The largest absolute Gasteiger partial charge is 0.426 e. The number of nitrogens with one attached hydrogen (secondary N) is 1. The van der Waals surface area contributed by atoms with E-state index in [0.717, 1.165) is 0 Å². The number of nitrogens with zero attached hydrogens (tertiary/aromatic N) is 2. The standard InChI is InChI=1S/C14H15N3O3S2/c1-9(7-21-2)13(19)20-11-5-3-4-10(6-11)12(18)16-14-17-15-8-22-14/h3-6,8-9H,7H2,1-2H3,(H,16,17,18)/t9-/m1/s1. The molecule has 2 aromatic rings. The first kappa shape index (κ1) is 16.4. The molecule has 2 rings (SSSR count).